The van der Waals surface area contributed by atoms with Gasteiger partial charge in [0.15, 0.2) is 0 Å². The van der Waals surface area contributed by atoms with E-state index in [2.05, 4.69) is 25.8 Å². The zero-order valence-electron chi connectivity index (χ0n) is 16.4. The minimum Gasteiger partial charge on any atom is -0.395 e. The summed E-state index contributed by atoms with van der Waals surface area (Å²) in [6.07, 6.45) is 4.96. The topological polar surface area (TPSA) is 95.7 Å². The maximum atomic E-state index is 12.8. The second-order valence-corrected chi connectivity index (χ2v) is 9.12. The third kappa shape index (κ3) is 7.34. The second-order valence-electron chi connectivity index (χ2n) is 7.12. The standard InChI is InChI=1S/C18H35N3O4S/c1-4-5-8-21-17(15-20(9-11-22)10-12-23)14-19-18(21)26(24,25)13-6-7-16(2)3/h14,16,22-23H,4-13,15H2,1-3H3. The molecule has 7 nitrogen and oxygen atoms in total. The molecule has 0 aliphatic heterocycles. The van der Waals surface area contributed by atoms with Gasteiger partial charge in [-0.05, 0) is 25.2 Å². The lowest BCUT2D eigenvalue weighted by molar-refractivity contribution is 0.153. The largest absolute Gasteiger partial charge is 0.395 e. The van der Waals surface area contributed by atoms with Crippen LogP contribution >= 0.6 is 0 Å². The Balaban J connectivity index is 3.02. The first kappa shape index (κ1) is 23.1. The molecule has 0 aliphatic carbocycles. The van der Waals surface area contributed by atoms with Gasteiger partial charge in [0.2, 0.25) is 15.0 Å². The lowest BCUT2D eigenvalue weighted by Crippen LogP contribution is -2.30. The summed E-state index contributed by atoms with van der Waals surface area (Å²) < 4.78 is 27.3. The van der Waals surface area contributed by atoms with Crippen LogP contribution in [0.25, 0.3) is 0 Å². The number of nitrogens with zero attached hydrogens (tertiary/aromatic N) is 3. The first-order chi connectivity index (χ1) is 12.4. The van der Waals surface area contributed by atoms with E-state index in [9.17, 15) is 18.6 Å². The Morgan fingerprint density at radius 3 is 2.38 bits per heavy atom. The predicted octanol–water partition coefficient (Wildman–Crippen LogP) is 1.68. The molecule has 0 radical (unpaired) electrons. The summed E-state index contributed by atoms with van der Waals surface area (Å²) in [6, 6.07) is 0. The quantitative estimate of drug-likeness (QED) is 0.503. The molecule has 152 valence electrons. The fourth-order valence-corrected chi connectivity index (χ4v) is 4.36. The molecule has 0 aromatic carbocycles. The van der Waals surface area contributed by atoms with E-state index >= 15 is 0 Å². The lowest BCUT2D eigenvalue weighted by Gasteiger charge is -2.21. The van der Waals surface area contributed by atoms with E-state index in [1.165, 1.54) is 0 Å². The number of sulfone groups is 1. The van der Waals surface area contributed by atoms with Crippen molar-refractivity contribution in [3.05, 3.63) is 11.9 Å². The summed E-state index contributed by atoms with van der Waals surface area (Å²) in [7, 11) is -3.42. The molecule has 0 fully saturated rings. The average Bonchev–Trinajstić information content (AvgIpc) is 2.96. The molecule has 26 heavy (non-hydrogen) atoms. The number of aromatic nitrogens is 2. The molecule has 0 bridgehead atoms. The van der Waals surface area contributed by atoms with Crippen LogP contribution in [0.3, 0.4) is 0 Å². The SMILES string of the molecule is CCCCn1c(CN(CCO)CCO)cnc1S(=O)(=O)CCCC(C)C. The molecule has 0 spiro atoms. The maximum Gasteiger partial charge on any atom is 0.227 e. The van der Waals surface area contributed by atoms with Gasteiger partial charge in [-0.2, -0.15) is 0 Å². The van der Waals surface area contributed by atoms with Gasteiger partial charge in [-0.1, -0.05) is 27.2 Å². The molecule has 1 aromatic heterocycles. The molecule has 0 unspecified atom stereocenters. The third-order valence-electron chi connectivity index (χ3n) is 4.33. The van der Waals surface area contributed by atoms with Gasteiger partial charge >= 0.3 is 0 Å². The monoisotopic (exact) mass is 389 g/mol. The van der Waals surface area contributed by atoms with Crippen molar-refractivity contribution in [2.75, 3.05) is 32.1 Å². The molecule has 0 saturated carbocycles. The zero-order valence-corrected chi connectivity index (χ0v) is 17.2. The van der Waals surface area contributed by atoms with Crippen LogP contribution in [0.5, 0.6) is 0 Å². The van der Waals surface area contributed by atoms with Gasteiger partial charge in [0.25, 0.3) is 0 Å². The molecule has 1 rings (SSSR count). The Labute approximate surface area is 158 Å². The smallest absolute Gasteiger partial charge is 0.227 e. The van der Waals surface area contributed by atoms with Crippen molar-refractivity contribution in [2.24, 2.45) is 5.92 Å². The van der Waals surface area contributed by atoms with Gasteiger partial charge in [-0.3, -0.25) is 4.90 Å². The van der Waals surface area contributed by atoms with E-state index in [1.807, 2.05) is 4.90 Å². The van der Waals surface area contributed by atoms with Crippen LogP contribution in [-0.2, 0) is 22.9 Å². The van der Waals surface area contributed by atoms with E-state index in [-0.39, 0.29) is 24.1 Å². The van der Waals surface area contributed by atoms with E-state index < -0.39 is 9.84 Å². The fraction of sp³-hybridized carbons (Fsp3) is 0.833. The highest BCUT2D eigenvalue weighted by molar-refractivity contribution is 7.91. The molecule has 1 aromatic rings. The third-order valence-corrected chi connectivity index (χ3v) is 6.04. The van der Waals surface area contributed by atoms with Crippen molar-refractivity contribution in [3.63, 3.8) is 0 Å². The second kappa shape index (κ2) is 11.7. The van der Waals surface area contributed by atoms with Crippen LogP contribution in [-0.4, -0.2) is 65.1 Å². The predicted molar refractivity (Wildman–Crippen MR) is 103 cm³/mol. The highest BCUT2D eigenvalue weighted by Crippen LogP contribution is 2.18. The highest BCUT2D eigenvalue weighted by Gasteiger charge is 2.23. The Morgan fingerprint density at radius 1 is 1.19 bits per heavy atom. The maximum absolute atomic E-state index is 12.8. The van der Waals surface area contributed by atoms with Crippen molar-refractivity contribution >= 4 is 9.84 Å². The van der Waals surface area contributed by atoms with E-state index in [0.717, 1.165) is 25.0 Å². The highest BCUT2D eigenvalue weighted by atomic mass is 32.2. The molecule has 0 aliphatic rings. The van der Waals surface area contributed by atoms with Gasteiger partial charge < -0.3 is 14.8 Å². The summed E-state index contributed by atoms with van der Waals surface area (Å²) in [5, 5.41) is 18.5. The number of aliphatic hydroxyl groups is 2. The van der Waals surface area contributed by atoms with Crippen LogP contribution < -0.4 is 0 Å². The minimum absolute atomic E-state index is 0.0105. The number of hydrogen-bond donors (Lipinski definition) is 2. The van der Waals surface area contributed by atoms with Gasteiger partial charge in [0, 0.05) is 26.2 Å². The summed E-state index contributed by atoms with van der Waals surface area (Å²) in [6.45, 7) is 8.14. The molecule has 8 heteroatoms. The van der Waals surface area contributed by atoms with E-state index in [4.69, 9.17) is 0 Å². The van der Waals surface area contributed by atoms with Crippen LogP contribution in [0.4, 0.5) is 0 Å². The Kier molecular flexibility index (Phi) is 10.4. The van der Waals surface area contributed by atoms with Crippen LogP contribution in [0.15, 0.2) is 11.4 Å². The molecule has 2 N–H and O–H groups in total. The molecule has 0 amide bonds. The number of rotatable bonds is 14. The van der Waals surface area contributed by atoms with Crippen LogP contribution in [0.2, 0.25) is 0 Å². The summed E-state index contributed by atoms with van der Waals surface area (Å²) in [4.78, 5) is 6.13. The lowest BCUT2D eigenvalue weighted by atomic mass is 10.1. The number of unbranched alkanes of at least 4 members (excludes halogenated alkanes) is 1. The normalized spacial score (nSPS) is 12.4. The number of aliphatic hydroxyl groups excluding tert-OH is 2. The molecule has 0 saturated heterocycles. The van der Waals surface area contributed by atoms with Gasteiger partial charge in [0.1, 0.15) is 0 Å². The molecular weight excluding hydrogens is 354 g/mol. The first-order valence-corrected chi connectivity index (χ1v) is 11.2. The van der Waals surface area contributed by atoms with Crippen LogP contribution in [0.1, 0.15) is 52.1 Å². The molecule has 0 atom stereocenters. The first-order valence-electron chi connectivity index (χ1n) is 9.56. The molecular formula is C18H35N3O4S. The van der Waals surface area contributed by atoms with E-state index in [1.54, 1.807) is 10.8 Å². The van der Waals surface area contributed by atoms with Crippen molar-refractivity contribution < 1.29 is 18.6 Å². The van der Waals surface area contributed by atoms with Crippen molar-refractivity contribution in [2.45, 2.75) is 64.7 Å². The summed E-state index contributed by atoms with van der Waals surface area (Å²) in [5.74, 6) is 0.594. The van der Waals surface area contributed by atoms with Crippen molar-refractivity contribution in [3.8, 4) is 0 Å². The Bertz CT molecular complexity index is 608. The summed E-state index contributed by atoms with van der Waals surface area (Å²) in [5.41, 5.74) is 0.808. The average molecular weight is 390 g/mol. The minimum atomic E-state index is -3.42. The number of imidazole rings is 1. The Morgan fingerprint density at radius 2 is 1.85 bits per heavy atom. The van der Waals surface area contributed by atoms with Gasteiger partial charge in [0.05, 0.1) is 30.9 Å². The zero-order chi connectivity index (χ0) is 19.6. The van der Waals surface area contributed by atoms with Crippen molar-refractivity contribution in [1.82, 2.24) is 14.5 Å². The van der Waals surface area contributed by atoms with E-state index in [0.29, 0.717) is 38.5 Å². The van der Waals surface area contributed by atoms with Gasteiger partial charge in [-0.15, -0.1) is 0 Å². The number of hydrogen-bond acceptors (Lipinski definition) is 6. The summed E-state index contributed by atoms with van der Waals surface area (Å²) >= 11 is 0. The fourth-order valence-electron chi connectivity index (χ4n) is 2.88. The Hall–Kier alpha value is -0.960. The van der Waals surface area contributed by atoms with Crippen LogP contribution in [0, 0.1) is 5.92 Å². The van der Waals surface area contributed by atoms with Gasteiger partial charge in [-0.25, -0.2) is 13.4 Å². The molecule has 1 heterocycles. The van der Waals surface area contributed by atoms with Crippen molar-refractivity contribution in [1.29, 1.82) is 0 Å².